The smallest absolute Gasteiger partial charge is 0.308 e. The van der Waals surface area contributed by atoms with Gasteiger partial charge >= 0.3 is 5.97 Å². The van der Waals surface area contributed by atoms with Gasteiger partial charge in [0, 0.05) is 18.7 Å². The molecule has 0 radical (unpaired) electrons. The zero-order valence-electron chi connectivity index (χ0n) is 13.2. The Bertz CT molecular complexity index is 689. The fourth-order valence-electron chi connectivity index (χ4n) is 2.90. The molecule has 1 saturated heterocycles. The summed E-state index contributed by atoms with van der Waals surface area (Å²) in [5.41, 5.74) is 0.366. The second-order valence-corrected chi connectivity index (χ2v) is 5.97. The summed E-state index contributed by atoms with van der Waals surface area (Å²) in [5, 5.41) is 11.6. The molecule has 1 fully saturated rings. The Morgan fingerprint density at radius 1 is 1.25 bits per heavy atom. The number of amides is 2. The van der Waals surface area contributed by atoms with Crippen molar-refractivity contribution in [1.29, 1.82) is 0 Å². The molecule has 0 unspecified atom stereocenters. The molecule has 2 N–H and O–H groups in total. The summed E-state index contributed by atoms with van der Waals surface area (Å²) in [4.78, 5) is 36.9. The molecule has 2 aliphatic rings. The summed E-state index contributed by atoms with van der Waals surface area (Å²) < 4.78 is 10.4. The molecule has 24 heavy (non-hydrogen) atoms. The molecule has 8 nitrogen and oxygen atoms in total. The van der Waals surface area contributed by atoms with Crippen molar-refractivity contribution in [2.24, 2.45) is 11.8 Å². The van der Waals surface area contributed by atoms with Gasteiger partial charge in [-0.05, 0) is 24.1 Å². The average Bonchev–Trinajstić information content (AvgIpc) is 3.17. The minimum absolute atomic E-state index is 0.101. The van der Waals surface area contributed by atoms with Crippen LogP contribution in [0, 0.1) is 11.8 Å². The summed E-state index contributed by atoms with van der Waals surface area (Å²) in [5.74, 6) is -1.18. The van der Waals surface area contributed by atoms with Crippen LogP contribution in [0.3, 0.4) is 0 Å². The molecule has 3 rings (SSSR count). The lowest BCUT2D eigenvalue weighted by molar-refractivity contribution is -0.142. The second-order valence-electron chi connectivity index (χ2n) is 5.97. The predicted octanol–water partition coefficient (Wildman–Crippen LogP) is 0.324. The van der Waals surface area contributed by atoms with E-state index in [-0.39, 0.29) is 31.7 Å². The van der Waals surface area contributed by atoms with Crippen molar-refractivity contribution in [2.75, 3.05) is 26.4 Å². The van der Waals surface area contributed by atoms with Crippen LogP contribution in [0.4, 0.5) is 0 Å². The average molecular weight is 334 g/mol. The van der Waals surface area contributed by atoms with E-state index in [9.17, 15) is 14.4 Å². The molecule has 0 bridgehead atoms. The number of hydrogen-bond donors (Lipinski definition) is 2. The molecule has 0 aromatic heterocycles. The largest absolute Gasteiger partial charge is 0.481 e. The van der Waals surface area contributed by atoms with Gasteiger partial charge < -0.3 is 24.8 Å². The number of carboxylic acids is 1. The molecule has 0 aliphatic carbocycles. The van der Waals surface area contributed by atoms with Crippen molar-refractivity contribution in [1.82, 2.24) is 10.2 Å². The van der Waals surface area contributed by atoms with Crippen LogP contribution >= 0.6 is 0 Å². The van der Waals surface area contributed by atoms with Crippen LogP contribution in [-0.4, -0.2) is 54.2 Å². The van der Waals surface area contributed by atoms with E-state index in [2.05, 4.69) is 5.32 Å². The van der Waals surface area contributed by atoms with E-state index in [0.717, 1.165) is 0 Å². The topological polar surface area (TPSA) is 105 Å². The molecular weight excluding hydrogens is 316 g/mol. The monoisotopic (exact) mass is 334 g/mol. The lowest BCUT2D eigenvalue weighted by Crippen LogP contribution is -2.39. The number of likely N-dealkylation sites (tertiary alicyclic amines) is 1. The summed E-state index contributed by atoms with van der Waals surface area (Å²) >= 11 is 0. The fourth-order valence-corrected chi connectivity index (χ4v) is 2.90. The first kappa shape index (κ1) is 16.1. The van der Waals surface area contributed by atoms with Crippen LogP contribution < -0.4 is 14.8 Å². The summed E-state index contributed by atoms with van der Waals surface area (Å²) in [7, 11) is 0. The van der Waals surface area contributed by atoms with Gasteiger partial charge in [0.2, 0.25) is 12.7 Å². The highest BCUT2D eigenvalue weighted by molar-refractivity contribution is 5.97. The number of carbonyl (C=O) groups excluding carboxylic acids is 2. The SMILES string of the molecule is C[C@@H]1CN(C(=O)CNC(=O)c2ccc3c(c2)OCO3)C[C@H]1C(=O)O. The fraction of sp³-hybridized carbons (Fsp3) is 0.438. The third-order valence-electron chi connectivity index (χ3n) is 4.32. The number of rotatable bonds is 4. The maximum atomic E-state index is 12.2. The number of benzene rings is 1. The highest BCUT2D eigenvalue weighted by atomic mass is 16.7. The number of hydrogen-bond acceptors (Lipinski definition) is 5. The quantitative estimate of drug-likeness (QED) is 0.822. The summed E-state index contributed by atoms with van der Waals surface area (Å²) in [6.45, 7) is 2.31. The number of ether oxygens (including phenoxy) is 2. The molecule has 2 atom stereocenters. The Morgan fingerprint density at radius 2 is 2.00 bits per heavy atom. The Morgan fingerprint density at radius 3 is 2.71 bits per heavy atom. The summed E-state index contributed by atoms with van der Waals surface area (Å²) in [6, 6.07) is 4.78. The normalized spacial score (nSPS) is 21.6. The van der Waals surface area contributed by atoms with Gasteiger partial charge in [0.1, 0.15) is 0 Å². The van der Waals surface area contributed by atoms with Crippen molar-refractivity contribution >= 4 is 17.8 Å². The lowest BCUT2D eigenvalue weighted by atomic mass is 9.99. The number of aliphatic carboxylic acids is 1. The maximum Gasteiger partial charge on any atom is 0.308 e. The Balaban J connectivity index is 1.55. The Labute approximate surface area is 138 Å². The van der Waals surface area contributed by atoms with Crippen LogP contribution in [0.1, 0.15) is 17.3 Å². The molecule has 1 aromatic rings. The highest BCUT2D eigenvalue weighted by Gasteiger charge is 2.36. The first-order valence-electron chi connectivity index (χ1n) is 7.64. The van der Waals surface area contributed by atoms with E-state index in [4.69, 9.17) is 14.6 Å². The maximum absolute atomic E-state index is 12.2. The van der Waals surface area contributed by atoms with E-state index < -0.39 is 17.8 Å². The van der Waals surface area contributed by atoms with Gasteiger partial charge in [-0.2, -0.15) is 0 Å². The van der Waals surface area contributed by atoms with Gasteiger partial charge in [-0.15, -0.1) is 0 Å². The summed E-state index contributed by atoms with van der Waals surface area (Å²) in [6.07, 6.45) is 0. The van der Waals surface area contributed by atoms with E-state index in [1.165, 1.54) is 4.90 Å². The van der Waals surface area contributed by atoms with Crippen LogP contribution in [0.25, 0.3) is 0 Å². The lowest BCUT2D eigenvalue weighted by Gasteiger charge is -2.16. The standard InChI is InChI=1S/C16H18N2O6/c1-9-6-18(7-11(9)16(21)22)14(19)5-17-15(20)10-2-3-12-13(4-10)24-8-23-12/h2-4,9,11H,5-8H2,1H3,(H,17,20)(H,21,22)/t9-,11-/m1/s1. The molecule has 2 amide bonds. The Kier molecular flexibility index (Phi) is 4.28. The van der Waals surface area contributed by atoms with E-state index >= 15 is 0 Å². The number of fused-ring (bicyclic) bond motifs is 1. The molecule has 8 heteroatoms. The molecule has 0 saturated carbocycles. The van der Waals surface area contributed by atoms with Gasteiger partial charge in [0.15, 0.2) is 11.5 Å². The number of nitrogens with one attached hydrogen (secondary N) is 1. The van der Waals surface area contributed by atoms with E-state index in [1.54, 1.807) is 25.1 Å². The van der Waals surface area contributed by atoms with Crippen molar-refractivity contribution < 1.29 is 29.0 Å². The molecule has 128 valence electrons. The molecule has 2 aliphatic heterocycles. The van der Waals surface area contributed by atoms with Gasteiger partial charge in [0.25, 0.3) is 5.91 Å². The van der Waals surface area contributed by atoms with Crippen molar-refractivity contribution in [3.8, 4) is 11.5 Å². The molecule has 0 spiro atoms. The van der Waals surface area contributed by atoms with Crippen LogP contribution in [0.2, 0.25) is 0 Å². The van der Waals surface area contributed by atoms with Crippen molar-refractivity contribution in [3.05, 3.63) is 23.8 Å². The van der Waals surface area contributed by atoms with Gasteiger partial charge in [-0.25, -0.2) is 0 Å². The second kappa shape index (κ2) is 6.38. The van der Waals surface area contributed by atoms with Crippen LogP contribution in [0.5, 0.6) is 11.5 Å². The minimum atomic E-state index is -0.901. The first-order chi connectivity index (χ1) is 11.5. The highest BCUT2D eigenvalue weighted by Crippen LogP contribution is 2.32. The van der Waals surface area contributed by atoms with Gasteiger partial charge in [0.05, 0.1) is 12.5 Å². The number of nitrogens with zero attached hydrogens (tertiary/aromatic N) is 1. The van der Waals surface area contributed by atoms with E-state index in [1.807, 2.05) is 0 Å². The molecule has 2 heterocycles. The first-order valence-corrected chi connectivity index (χ1v) is 7.64. The molecular formula is C16H18N2O6. The minimum Gasteiger partial charge on any atom is -0.481 e. The van der Waals surface area contributed by atoms with Crippen molar-refractivity contribution in [3.63, 3.8) is 0 Å². The van der Waals surface area contributed by atoms with Crippen molar-refractivity contribution in [2.45, 2.75) is 6.92 Å². The Hall–Kier alpha value is -2.77. The van der Waals surface area contributed by atoms with E-state index in [0.29, 0.717) is 23.6 Å². The number of carboxylic acid groups (broad SMARTS) is 1. The van der Waals surface area contributed by atoms with Gasteiger partial charge in [-0.3, -0.25) is 14.4 Å². The zero-order valence-corrected chi connectivity index (χ0v) is 13.2. The molecule has 1 aromatic carbocycles. The van der Waals surface area contributed by atoms with Crippen LogP contribution in [-0.2, 0) is 9.59 Å². The van der Waals surface area contributed by atoms with Crippen LogP contribution in [0.15, 0.2) is 18.2 Å². The number of carbonyl (C=O) groups is 3. The third-order valence-corrected chi connectivity index (χ3v) is 4.32. The zero-order chi connectivity index (χ0) is 17.3. The predicted molar refractivity (Wildman–Crippen MR) is 81.8 cm³/mol. The third kappa shape index (κ3) is 3.12. The van der Waals surface area contributed by atoms with Gasteiger partial charge in [-0.1, -0.05) is 6.92 Å².